The van der Waals surface area contributed by atoms with E-state index in [4.69, 9.17) is 15.2 Å². The van der Waals surface area contributed by atoms with Crippen molar-refractivity contribution in [1.29, 1.82) is 0 Å². The van der Waals surface area contributed by atoms with Gasteiger partial charge in [0, 0.05) is 12.2 Å². The zero-order chi connectivity index (χ0) is 13.2. The zero-order valence-electron chi connectivity index (χ0n) is 10.0. The molecule has 0 aromatic heterocycles. The number of hydrogen-bond acceptors (Lipinski definition) is 4. The molecule has 0 spiro atoms. The molecule has 1 aromatic rings. The van der Waals surface area contributed by atoms with Crippen LogP contribution in [0.25, 0.3) is 0 Å². The average molecular weight is 315 g/mol. The van der Waals surface area contributed by atoms with Crippen molar-refractivity contribution >= 4 is 27.5 Å². The number of rotatable bonds is 4. The largest absolute Gasteiger partial charge is 0.496 e. The smallest absolute Gasteiger partial charge is 0.236 e. The molecule has 2 rings (SSSR count). The number of nitrogens with one attached hydrogen (secondary N) is 1. The standard InChI is InChI=1S/C12H15BrN2O3/c1-17-10-3-2-8(4-9(10)13)15-11(16)12(5-14)6-18-7-12/h2-4H,5-7,14H2,1H3,(H,15,16). The fourth-order valence-electron chi connectivity index (χ4n) is 1.70. The minimum atomic E-state index is -0.577. The van der Waals surface area contributed by atoms with Crippen molar-refractivity contribution in [2.75, 3.05) is 32.2 Å². The lowest BCUT2D eigenvalue weighted by atomic mass is 9.85. The molecule has 3 N–H and O–H groups in total. The molecule has 0 aliphatic carbocycles. The Labute approximate surface area is 114 Å². The summed E-state index contributed by atoms with van der Waals surface area (Å²) in [4.78, 5) is 12.1. The first-order valence-corrected chi connectivity index (χ1v) is 6.33. The molecule has 1 saturated heterocycles. The number of amides is 1. The number of halogens is 1. The van der Waals surface area contributed by atoms with Crippen molar-refractivity contribution in [3.05, 3.63) is 22.7 Å². The SMILES string of the molecule is COc1ccc(NC(=O)C2(CN)COC2)cc1Br. The van der Waals surface area contributed by atoms with E-state index in [1.165, 1.54) is 0 Å². The molecule has 1 aliphatic rings. The summed E-state index contributed by atoms with van der Waals surface area (Å²) in [7, 11) is 1.59. The maximum atomic E-state index is 12.1. The van der Waals surface area contributed by atoms with Crippen LogP contribution in [-0.2, 0) is 9.53 Å². The predicted octanol–water partition coefficient (Wildman–Crippen LogP) is 1.37. The van der Waals surface area contributed by atoms with Gasteiger partial charge in [-0.05, 0) is 34.1 Å². The highest BCUT2D eigenvalue weighted by atomic mass is 79.9. The lowest BCUT2D eigenvalue weighted by molar-refractivity contribution is -0.153. The number of benzene rings is 1. The van der Waals surface area contributed by atoms with Gasteiger partial charge in [0.25, 0.3) is 0 Å². The average Bonchev–Trinajstić information content (AvgIpc) is 2.28. The minimum Gasteiger partial charge on any atom is -0.496 e. The van der Waals surface area contributed by atoms with Gasteiger partial charge in [-0.1, -0.05) is 0 Å². The maximum absolute atomic E-state index is 12.1. The topological polar surface area (TPSA) is 73.6 Å². The third kappa shape index (κ3) is 2.36. The first-order chi connectivity index (χ1) is 8.61. The third-order valence-corrected chi connectivity index (χ3v) is 3.66. The van der Waals surface area contributed by atoms with Crippen LogP contribution in [0.2, 0.25) is 0 Å². The Morgan fingerprint density at radius 3 is 2.78 bits per heavy atom. The number of carbonyl (C=O) groups is 1. The van der Waals surface area contributed by atoms with Crippen LogP contribution in [0.5, 0.6) is 5.75 Å². The summed E-state index contributed by atoms with van der Waals surface area (Å²) in [6.07, 6.45) is 0. The second-order valence-corrected chi connectivity index (χ2v) is 5.14. The number of hydrogen-bond donors (Lipinski definition) is 2. The van der Waals surface area contributed by atoms with Crippen LogP contribution in [0.1, 0.15) is 0 Å². The number of ether oxygens (including phenoxy) is 2. The summed E-state index contributed by atoms with van der Waals surface area (Å²) in [5, 5.41) is 2.84. The van der Waals surface area contributed by atoms with Gasteiger partial charge in [0.05, 0.1) is 24.8 Å². The summed E-state index contributed by atoms with van der Waals surface area (Å²) < 4.78 is 11.0. The highest BCUT2D eigenvalue weighted by molar-refractivity contribution is 9.10. The van der Waals surface area contributed by atoms with Crippen molar-refractivity contribution < 1.29 is 14.3 Å². The Morgan fingerprint density at radius 1 is 1.61 bits per heavy atom. The Bertz CT molecular complexity index is 455. The van der Waals surface area contributed by atoms with Crippen LogP contribution >= 0.6 is 15.9 Å². The summed E-state index contributed by atoms with van der Waals surface area (Å²) in [6, 6.07) is 5.36. The van der Waals surface area contributed by atoms with E-state index in [0.29, 0.717) is 24.7 Å². The first kappa shape index (κ1) is 13.3. The molecular formula is C12H15BrN2O3. The molecule has 1 fully saturated rings. The number of nitrogens with two attached hydrogens (primary N) is 1. The van der Waals surface area contributed by atoms with Crippen molar-refractivity contribution in [3.63, 3.8) is 0 Å². The first-order valence-electron chi connectivity index (χ1n) is 5.54. The summed E-state index contributed by atoms with van der Waals surface area (Å²) in [6.45, 7) is 1.05. The molecule has 6 heteroatoms. The van der Waals surface area contributed by atoms with Gasteiger partial charge in [-0.3, -0.25) is 4.79 Å². The van der Waals surface area contributed by atoms with Crippen molar-refractivity contribution in [2.24, 2.45) is 11.1 Å². The van der Waals surface area contributed by atoms with Crippen LogP contribution < -0.4 is 15.8 Å². The van der Waals surface area contributed by atoms with Gasteiger partial charge in [-0.15, -0.1) is 0 Å². The highest BCUT2D eigenvalue weighted by Crippen LogP contribution is 2.31. The van der Waals surface area contributed by atoms with Gasteiger partial charge in [-0.2, -0.15) is 0 Å². The lowest BCUT2D eigenvalue weighted by Crippen LogP contribution is -2.56. The van der Waals surface area contributed by atoms with Crippen LogP contribution in [0.4, 0.5) is 5.69 Å². The molecule has 0 radical (unpaired) electrons. The van der Waals surface area contributed by atoms with Crippen LogP contribution in [0, 0.1) is 5.41 Å². The van der Waals surface area contributed by atoms with Crippen LogP contribution in [-0.4, -0.2) is 32.8 Å². The van der Waals surface area contributed by atoms with Gasteiger partial charge in [0.1, 0.15) is 11.2 Å². The van der Waals surface area contributed by atoms with Crippen LogP contribution in [0.15, 0.2) is 22.7 Å². The molecule has 1 aromatic carbocycles. The van der Waals surface area contributed by atoms with E-state index in [-0.39, 0.29) is 12.5 Å². The summed E-state index contributed by atoms with van der Waals surface area (Å²) >= 11 is 3.37. The second-order valence-electron chi connectivity index (χ2n) is 4.28. The van der Waals surface area contributed by atoms with E-state index < -0.39 is 5.41 Å². The van der Waals surface area contributed by atoms with E-state index in [9.17, 15) is 4.79 Å². The molecule has 1 heterocycles. The van der Waals surface area contributed by atoms with Crippen molar-refractivity contribution in [1.82, 2.24) is 0 Å². The lowest BCUT2D eigenvalue weighted by Gasteiger charge is -2.38. The van der Waals surface area contributed by atoms with E-state index in [2.05, 4.69) is 21.2 Å². The molecule has 1 amide bonds. The van der Waals surface area contributed by atoms with Crippen molar-refractivity contribution in [2.45, 2.75) is 0 Å². The molecule has 0 bridgehead atoms. The van der Waals surface area contributed by atoms with E-state index in [0.717, 1.165) is 4.47 Å². The Morgan fingerprint density at radius 2 is 2.33 bits per heavy atom. The quantitative estimate of drug-likeness (QED) is 0.880. The van der Waals surface area contributed by atoms with E-state index in [1.54, 1.807) is 25.3 Å². The molecule has 18 heavy (non-hydrogen) atoms. The molecule has 0 unspecified atom stereocenters. The predicted molar refractivity (Wildman–Crippen MR) is 71.6 cm³/mol. The molecule has 1 aliphatic heterocycles. The van der Waals surface area contributed by atoms with E-state index >= 15 is 0 Å². The number of carbonyl (C=O) groups excluding carboxylic acids is 1. The molecule has 0 atom stereocenters. The molecule has 98 valence electrons. The maximum Gasteiger partial charge on any atom is 0.236 e. The monoisotopic (exact) mass is 314 g/mol. The molecular weight excluding hydrogens is 300 g/mol. The zero-order valence-corrected chi connectivity index (χ0v) is 11.6. The normalized spacial score (nSPS) is 16.8. The Hall–Kier alpha value is -1.11. The molecule has 0 saturated carbocycles. The fraction of sp³-hybridized carbons (Fsp3) is 0.417. The third-order valence-electron chi connectivity index (χ3n) is 3.04. The van der Waals surface area contributed by atoms with Gasteiger partial charge >= 0.3 is 0 Å². The van der Waals surface area contributed by atoms with Gasteiger partial charge < -0.3 is 20.5 Å². The summed E-state index contributed by atoms with van der Waals surface area (Å²) in [5.41, 5.74) is 5.75. The van der Waals surface area contributed by atoms with Gasteiger partial charge in [-0.25, -0.2) is 0 Å². The van der Waals surface area contributed by atoms with E-state index in [1.807, 2.05) is 0 Å². The fourth-order valence-corrected chi connectivity index (χ4v) is 2.24. The van der Waals surface area contributed by atoms with Gasteiger partial charge in [0.15, 0.2) is 0 Å². The second kappa shape index (κ2) is 5.26. The summed E-state index contributed by atoms with van der Waals surface area (Å²) in [5.74, 6) is 0.613. The number of methoxy groups -OCH3 is 1. The minimum absolute atomic E-state index is 0.103. The van der Waals surface area contributed by atoms with Crippen LogP contribution in [0.3, 0.4) is 0 Å². The number of anilines is 1. The highest BCUT2D eigenvalue weighted by Gasteiger charge is 2.44. The Balaban J connectivity index is 2.10. The molecule has 5 nitrogen and oxygen atoms in total. The van der Waals surface area contributed by atoms with Crippen molar-refractivity contribution in [3.8, 4) is 5.75 Å². The van der Waals surface area contributed by atoms with Gasteiger partial charge in [0.2, 0.25) is 5.91 Å². The Kier molecular flexibility index (Phi) is 3.89.